The number of amides is 1. The second-order valence-corrected chi connectivity index (χ2v) is 4.99. The largest absolute Gasteiger partial charge is 0.339 e. The van der Waals surface area contributed by atoms with Gasteiger partial charge in [0.05, 0.1) is 0 Å². The Hall–Kier alpha value is -1.57. The Kier molecular flexibility index (Phi) is 4.57. The third kappa shape index (κ3) is 3.73. The molecule has 0 N–H and O–H groups in total. The van der Waals surface area contributed by atoms with E-state index in [4.69, 9.17) is 0 Å². The summed E-state index contributed by atoms with van der Waals surface area (Å²) in [5.74, 6) is 0.151. The molecule has 0 atom stereocenters. The predicted molar refractivity (Wildman–Crippen MR) is 75.3 cm³/mol. The van der Waals surface area contributed by atoms with E-state index >= 15 is 0 Å². The van der Waals surface area contributed by atoms with Crippen molar-refractivity contribution in [1.29, 1.82) is 0 Å². The second kappa shape index (κ2) is 6.39. The van der Waals surface area contributed by atoms with Gasteiger partial charge in [0, 0.05) is 19.2 Å². The zero-order valence-electron chi connectivity index (χ0n) is 11.1. The van der Waals surface area contributed by atoms with Crippen LogP contribution >= 0.6 is 0 Å². The monoisotopic (exact) mass is 243 g/mol. The molecule has 1 aromatic carbocycles. The summed E-state index contributed by atoms with van der Waals surface area (Å²) in [6, 6.07) is 8.20. The van der Waals surface area contributed by atoms with Crippen molar-refractivity contribution in [2.45, 2.75) is 32.6 Å². The number of nitrogens with zero attached hydrogens (tertiary/aromatic N) is 1. The normalized spacial score (nSPS) is 16.8. The van der Waals surface area contributed by atoms with Gasteiger partial charge in [0.2, 0.25) is 5.91 Å². The van der Waals surface area contributed by atoms with Crippen LogP contribution in [0.2, 0.25) is 0 Å². The highest BCUT2D eigenvalue weighted by Gasteiger charge is 2.12. The Morgan fingerprint density at radius 1 is 1.17 bits per heavy atom. The first kappa shape index (κ1) is 12.9. The van der Waals surface area contributed by atoms with Crippen LogP contribution in [0, 0.1) is 6.92 Å². The van der Waals surface area contributed by atoms with Crippen molar-refractivity contribution in [3.63, 3.8) is 0 Å². The van der Waals surface area contributed by atoms with Gasteiger partial charge in [-0.2, -0.15) is 0 Å². The molecule has 18 heavy (non-hydrogen) atoms. The minimum Gasteiger partial charge on any atom is -0.339 e. The average molecular weight is 243 g/mol. The smallest absolute Gasteiger partial charge is 0.246 e. The Balaban J connectivity index is 1.97. The van der Waals surface area contributed by atoms with Crippen molar-refractivity contribution >= 4 is 12.0 Å². The Morgan fingerprint density at radius 2 is 1.89 bits per heavy atom. The maximum absolute atomic E-state index is 12.0. The summed E-state index contributed by atoms with van der Waals surface area (Å²) >= 11 is 0. The second-order valence-electron chi connectivity index (χ2n) is 4.99. The van der Waals surface area contributed by atoms with E-state index in [-0.39, 0.29) is 5.91 Å². The highest BCUT2D eigenvalue weighted by molar-refractivity contribution is 5.91. The summed E-state index contributed by atoms with van der Waals surface area (Å²) in [6.45, 7) is 3.89. The van der Waals surface area contributed by atoms with Crippen LogP contribution < -0.4 is 0 Å². The fourth-order valence-corrected chi connectivity index (χ4v) is 2.34. The molecule has 0 aromatic heterocycles. The summed E-state index contributed by atoms with van der Waals surface area (Å²) in [7, 11) is 0. The first-order valence-electron chi connectivity index (χ1n) is 6.79. The van der Waals surface area contributed by atoms with E-state index in [1.807, 2.05) is 23.1 Å². The zero-order valence-corrected chi connectivity index (χ0v) is 11.1. The van der Waals surface area contributed by atoms with Crippen LogP contribution in [0.25, 0.3) is 6.08 Å². The zero-order chi connectivity index (χ0) is 12.8. The quantitative estimate of drug-likeness (QED) is 0.729. The Morgan fingerprint density at radius 3 is 2.56 bits per heavy atom. The maximum Gasteiger partial charge on any atom is 0.246 e. The molecule has 1 aliphatic rings. The number of likely N-dealkylation sites (tertiary alicyclic amines) is 1. The minimum absolute atomic E-state index is 0.151. The molecule has 1 heterocycles. The molecule has 0 saturated carbocycles. The molecule has 2 rings (SSSR count). The minimum atomic E-state index is 0.151. The highest BCUT2D eigenvalue weighted by atomic mass is 16.2. The first-order valence-corrected chi connectivity index (χ1v) is 6.79. The molecule has 2 nitrogen and oxygen atoms in total. The van der Waals surface area contributed by atoms with E-state index in [1.165, 1.54) is 18.4 Å². The fraction of sp³-hybridized carbons (Fsp3) is 0.438. The van der Waals surface area contributed by atoms with E-state index in [0.29, 0.717) is 0 Å². The van der Waals surface area contributed by atoms with Gasteiger partial charge in [-0.15, -0.1) is 0 Å². The molecule has 1 saturated heterocycles. The van der Waals surface area contributed by atoms with Gasteiger partial charge < -0.3 is 4.90 Å². The maximum atomic E-state index is 12.0. The first-order chi connectivity index (χ1) is 8.75. The summed E-state index contributed by atoms with van der Waals surface area (Å²) in [5, 5.41) is 0. The molecule has 0 spiro atoms. The van der Waals surface area contributed by atoms with Gasteiger partial charge >= 0.3 is 0 Å². The Labute approximate surface area is 109 Å². The summed E-state index contributed by atoms with van der Waals surface area (Å²) in [4.78, 5) is 14.0. The van der Waals surface area contributed by atoms with Crippen molar-refractivity contribution in [2.75, 3.05) is 13.1 Å². The van der Waals surface area contributed by atoms with E-state index in [2.05, 4.69) is 19.1 Å². The lowest BCUT2D eigenvalue weighted by molar-refractivity contribution is -0.125. The number of hydrogen-bond donors (Lipinski definition) is 0. The Bertz CT molecular complexity index is 428. The average Bonchev–Trinajstić information content (AvgIpc) is 2.65. The van der Waals surface area contributed by atoms with E-state index < -0.39 is 0 Å². The molecule has 0 bridgehead atoms. The third-order valence-corrected chi connectivity index (χ3v) is 3.38. The predicted octanol–water partition coefficient (Wildman–Crippen LogP) is 3.41. The van der Waals surface area contributed by atoms with Crippen molar-refractivity contribution < 1.29 is 4.79 Å². The molecular weight excluding hydrogens is 222 g/mol. The van der Waals surface area contributed by atoms with Gasteiger partial charge in [0.15, 0.2) is 0 Å². The van der Waals surface area contributed by atoms with Gasteiger partial charge in [-0.1, -0.05) is 42.7 Å². The van der Waals surface area contributed by atoms with Crippen LogP contribution in [0.4, 0.5) is 0 Å². The lowest BCUT2D eigenvalue weighted by atomic mass is 10.1. The number of carbonyl (C=O) groups is 1. The third-order valence-electron chi connectivity index (χ3n) is 3.38. The molecule has 0 aliphatic carbocycles. The molecule has 1 amide bonds. The van der Waals surface area contributed by atoms with Crippen LogP contribution in [0.1, 0.15) is 36.8 Å². The molecule has 1 aliphatic heterocycles. The summed E-state index contributed by atoms with van der Waals surface area (Å²) in [6.07, 6.45) is 8.42. The number of rotatable bonds is 2. The van der Waals surface area contributed by atoms with Crippen LogP contribution in [0.5, 0.6) is 0 Å². The van der Waals surface area contributed by atoms with Gasteiger partial charge in [-0.3, -0.25) is 4.79 Å². The van der Waals surface area contributed by atoms with Crippen molar-refractivity contribution in [1.82, 2.24) is 4.90 Å². The van der Waals surface area contributed by atoms with Crippen molar-refractivity contribution in [3.8, 4) is 0 Å². The number of carbonyl (C=O) groups excluding carboxylic acids is 1. The number of hydrogen-bond acceptors (Lipinski definition) is 1. The lowest BCUT2D eigenvalue weighted by Crippen LogP contribution is -2.30. The lowest BCUT2D eigenvalue weighted by Gasteiger charge is -2.17. The molecule has 0 unspecified atom stereocenters. The standard InChI is InChI=1S/C16H21NO/c1-14-7-6-8-15(13-14)9-10-16(18)17-11-4-2-3-5-12-17/h6-10,13H,2-5,11-12H2,1H3/b10-9+. The van der Waals surface area contributed by atoms with Gasteiger partial charge in [0.1, 0.15) is 0 Å². The molecule has 96 valence electrons. The van der Waals surface area contributed by atoms with Gasteiger partial charge in [-0.05, 0) is 31.4 Å². The van der Waals surface area contributed by atoms with Crippen LogP contribution in [0.3, 0.4) is 0 Å². The highest BCUT2D eigenvalue weighted by Crippen LogP contribution is 2.11. The number of benzene rings is 1. The molecule has 1 aromatic rings. The van der Waals surface area contributed by atoms with Crippen molar-refractivity contribution in [2.24, 2.45) is 0 Å². The van der Waals surface area contributed by atoms with E-state index in [1.54, 1.807) is 6.08 Å². The molecule has 0 radical (unpaired) electrons. The van der Waals surface area contributed by atoms with Gasteiger partial charge in [0.25, 0.3) is 0 Å². The molecule has 1 fully saturated rings. The van der Waals surface area contributed by atoms with Crippen LogP contribution in [-0.4, -0.2) is 23.9 Å². The fourth-order valence-electron chi connectivity index (χ4n) is 2.34. The SMILES string of the molecule is Cc1cccc(/C=C/C(=O)N2CCCCCC2)c1. The molecular formula is C16H21NO. The van der Waals surface area contributed by atoms with Crippen molar-refractivity contribution in [3.05, 3.63) is 41.5 Å². The van der Waals surface area contributed by atoms with Gasteiger partial charge in [-0.25, -0.2) is 0 Å². The topological polar surface area (TPSA) is 20.3 Å². The van der Waals surface area contributed by atoms with Crippen LogP contribution in [-0.2, 0) is 4.79 Å². The molecule has 2 heteroatoms. The van der Waals surface area contributed by atoms with E-state index in [0.717, 1.165) is 31.5 Å². The number of aryl methyl sites for hydroxylation is 1. The van der Waals surface area contributed by atoms with Crippen LogP contribution in [0.15, 0.2) is 30.3 Å². The summed E-state index contributed by atoms with van der Waals surface area (Å²) in [5.41, 5.74) is 2.32. The summed E-state index contributed by atoms with van der Waals surface area (Å²) < 4.78 is 0. The van der Waals surface area contributed by atoms with E-state index in [9.17, 15) is 4.79 Å².